The number of hydrogen-bond acceptors (Lipinski definition) is 3. The second-order valence-electron chi connectivity index (χ2n) is 5.13. The number of fused-ring (bicyclic) bond motifs is 1. The van der Waals surface area contributed by atoms with E-state index in [-0.39, 0.29) is 0 Å². The number of aromatic nitrogens is 3. The van der Waals surface area contributed by atoms with Gasteiger partial charge in [-0.3, -0.25) is 4.98 Å². The molecule has 5 heteroatoms. The van der Waals surface area contributed by atoms with Gasteiger partial charge in [0.25, 0.3) is 0 Å². The van der Waals surface area contributed by atoms with E-state index in [1.165, 1.54) is 12.8 Å². The fourth-order valence-corrected chi connectivity index (χ4v) is 2.74. The Bertz CT molecular complexity index is 805. The molecule has 1 aromatic carbocycles. The van der Waals surface area contributed by atoms with E-state index in [1.807, 2.05) is 18.2 Å². The number of hydrogen-bond donors (Lipinski definition) is 1. The van der Waals surface area contributed by atoms with Crippen LogP contribution >= 0.6 is 11.6 Å². The van der Waals surface area contributed by atoms with Crippen molar-refractivity contribution in [2.75, 3.05) is 5.73 Å². The average Bonchev–Trinajstić information content (AvgIpc) is 3.21. The van der Waals surface area contributed by atoms with Crippen LogP contribution in [-0.4, -0.2) is 14.5 Å². The SMILES string of the molecule is Nc1ccc(Cl)cc1-c1nc2cnccc2n1C1CC1. The summed E-state index contributed by atoms with van der Waals surface area (Å²) >= 11 is 6.11. The molecule has 1 aliphatic rings. The van der Waals surface area contributed by atoms with Crippen molar-refractivity contribution in [1.29, 1.82) is 0 Å². The zero-order valence-corrected chi connectivity index (χ0v) is 11.5. The zero-order valence-electron chi connectivity index (χ0n) is 10.8. The van der Waals surface area contributed by atoms with Gasteiger partial charge >= 0.3 is 0 Å². The molecule has 0 aliphatic heterocycles. The Kier molecular flexibility index (Phi) is 2.47. The summed E-state index contributed by atoms with van der Waals surface area (Å²) in [6.07, 6.45) is 5.95. The molecular weight excluding hydrogens is 272 g/mol. The van der Waals surface area contributed by atoms with Crippen molar-refractivity contribution in [2.45, 2.75) is 18.9 Å². The first-order valence-electron chi connectivity index (χ1n) is 6.61. The van der Waals surface area contributed by atoms with E-state index in [0.717, 1.165) is 22.4 Å². The molecule has 0 unspecified atom stereocenters. The van der Waals surface area contributed by atoms with Gasteiger partial charge in [0, 0.05) is 28.5 Å². The van der Waals surface area contributed by atoms with E-state index in [2.05, 4.69) is 9.55 Å². The first-order chi connectivity index (χ1) is 9.74. The maximum absolute atomic E-state index is 6.11. The summed E-state index contributed by atoms with van der Waals surface area (Å²) in [5.41, 5.74) is 9.69. The number of halogens is 1. The standard InChI is InChI=1S/C15H13ClN4/c16-9-1-4-12(17)11(7-9)15-19-13-8-18-6-5-14(13)20(15)10-2-3-10/h1,4-8,10H,2-3,17H2. The number of nitrogens with zero attached hydrogens (tertiary/aromatic N) is 3. The molecule has 4 rings (SSSR count). The van der Waals surface area contributed by atoms with Gasteiger partial charge in [-0.1, -0.05) is 11.6 Å². The van der Waals surface area contributed by atoms with E-state index in [4.69, 9.17) is 22.3 Å². The number of rotatable bonds is 2. The summed E-state index contributed by atoms with van der Waals surface area (Å²) < 4.78 is 2.26. The van der Waals surface area contributed by atoms with E-state index < -0.39 is 0 Å². The Morgan fingerprint density at radius 1 is 1.25 bits per heavy atom. The van der Waals surface area contributed by atoms with Crippen LogP contribution in [0.5, 0.6) is 0 Å². The normalized spacial score (nSPS) is 14.8. The van der Waals surface area contributed by atoms with E-state index in [1.54, 1.807) is 18.5 Å². The quantitative estimate of drug-likeness (QED) is 0.731. The van der Waals surface area contributed by atoms with Crippen LogP contribution in [0.4, 0.5) is 5.69 Å². The van der Waals surface area contributed by atoms with Crippen LogP contribution in [0.15, 0.2) is 36.7 Å². The molecule has 0 bridgehead atoms. The first-order valence-corrected chi connectivity index (χ1v) is 6.99. The van der Waals surface area contributed by atoms with Crippen LogP contribution in [0.25, 0.3) is 22.4 Å². The molecule has 0 saturated heterocycles. The van der Waals surface area contributed by atoms with Gasteiger partial charge in [0.15, 0.2) is 0 Å². The lowest BCUT2D eigenvalue weighted by Crippen LogP contribution is -2.00. The van der Waals surface area contributed by atoms with Crippen molar-refractivity contribution < 1.29 is 0 Å². The number of anilines is 1. The molecule has 3 aromatic rings. The Labute approximate surface area is 121 Å². The van der Waals surface area contributed by atoms with Crippen molar-refractivity contribution in [3.63, 3.8) is 0 Å². The topological polar surface area (TPSA) is 56.7 Å². The smallest absolute Gasteiger partial charge is 0.143 e. The number of imidazole rings is 1. The Morgan fingerprint density at radius 2 is 2.10 bits per heavy atom. The number of benzene rings is 1. The fourth-order valence-electron chi connectivity index (χ4n) is 2.57. The van der Waals surface area contributed by atoms with Crippen LogP contribution in [-0.2, 0) is 0 Å². The second kappa shape index (κ2) is 4.21. The summed E-state index contributed by atoms with van der Waals surface area (Å²) in [4.78, 5) is 8.86. The Morgan fingerprint density at radius 3 is 2.90 bits per heavy atom. The third-order valence-corrected chi connectivity index (χ3v) is 3.90. The van der Waals surface area contributed by atoms with Gasteiger partial charge in [-0.15, -0.1) is 0 Å². The zero-order chi connectivity index (χ0) is 13.7. The van der Waals surface area contributed by atoms with Gasteiger partial charge in [-0.05, 0) is 37.1 Å². The van der Waals surface area contributed by atoms with Crippen molar-refractivity contribution in [3.05, 3.63) is 41.7 Å². The highest BCUT2D eigenvalue weighted by atomic mass is 35.5. The van der Waals surface area contributed by atoms with Crippen molar-refractivity contribution in [3.8, 4) is 11.4 Å². The average molecular weight is 285 g/mol. The Hall–Kier alpha value is -2.07. The third-order valence-electron chi connectivity index (χ3n) is 3.66. The number of pyridine rings is 1. The molecule has 0 atom stereocenters. The van der Waals surface area contributed by atoms with Gasteiger partial charge in [-0.2, -0.15) is 0 Å². The van der Waals surface area contributed by atoms with Gasteiger partial charge in [-0.25, -0.2) is 4.98 Å². The summed E-state index contributed by atoms with van der Waals surface area (Å²) in [5, 5.41) is 0.668. The van der Waals surface area contributed by atoms with E-state index >= 15 is 0 Å². The highest BCUT2D eigenvalue weighted by molar-refractivity contribution is 6.31. The van der Waals surface area contributed by atoms with Gasteiger partial charge in [0.2, 0.25) is 0 Å². The highest BCUT2D eigenvalue weighted by Gasteiger charge is 2.29. The first kappa shape index (κ1) is 11.7. The van der Waals surface area contributed by atoms with Crippen molar-refractivity contribution >= 4 is 28.3 Å². The summed E-state index contributed by atoms with van der Waals surface area (Å²) in [7, 11) is 0. The Balaban J connectivity index is 2.03. The molecule has 0 amide bonds. The minimum Gasteiger partial charge on any atom is -0.398 e. The van der Waals surface area contributed by atoms with Crippen molar-refractivity contribution in [1.82, 2.24) is 14.5 Å². The van der Waals surface area contributed by atoms with Crippen LogP contribution in [0.2, 0.25) is 5.02 Å². The highest BCUT2D eigenvalue weighted by Crippen LogP contribution is 2.42. The molecule has 1 fully saturated rings. The molecule has 0 spiro atoms. The molecule has 1 aliphatic carbocycles. The summed E-state index contributed by atoms with van der Waals surface area (Å²) in [6.45, 7) is 0. The third kappa shape index (κ3) is 1.76. The van der Waals surface area contributed by atoms with Crippen LogP contribution < -0.4 is 5.73 Å². The lowest BCUT2D eigenvalue weighted by atomic mass is 10.1. The molecule has 100 valence electrons. The van der Waals surface area contributed by atoms with E-state index in [9.17, 15) is 0 Å². The summed E-state index contributed by atoms with van der Waals surface area (Å²) in [6, 6.07) is 8.02. The van der Waals surface area contributed by atoms with Crippen molar-refractivity contribution in [2.24, 2.45) is 0 Å². The monoisotopic (exact) mass is 284 g/mol. The fraction of sp³-hybridized carbons (Fsp3) is 0.200. The molecule has 2 N–H and O–H groups in total. The summed E-state index contributed by atoms with van der Waals surface area (Å²) in [5.74, 6) is 0.885. The molecule has 4 nitrogen and oxygen atoms in total. The molecule has 20 heavy (non-hydrogen) atoms. The molecular formula is C15H13ClN4. The maximum Gasteiger partial charge on any atom is 0.143 e. The predicted molar refractivity (Wildman–Crippen MR) is 80.7 cm³/mol. The molecule has 2 aromatic heterocycles. The van der Waals surface area contributed by atoms with Crippen LogP contribution in [0, 0.1) is 0 Å². The number of nitrogen functional groups attached to an aromatic ring is 1. The molecule has 0 radical (unpaired) electrons. The predicted octanol–water partition coefficient (Wildman–Crippen LogP) is 3.67. The number of nitrogens with two attached hydrogens (primary N) is 1. The largest absolute Gasteiger partial charge is 0.398 e. The van der Waals surface area contributed by atoms with Crippen LogP contribution in [0.3, 0.4) is 0 Å². The van der Waals surface area contributed by atoms with Gasteiger partial charge < -0.3 is 10.3 Å². The lowest BCUT2D eigenvalue weighted by Gasteiger charge is -2.10. The lowest BCUT2D eigenvalue weighted by molar-refractivity contribution is 0.775. The van der Waals surface area contributed by atoms with E-state index in [0.29, 0.717) is 16.8 Å². The molecule has 1 saturated carbocycles. The minimum atomic E-state index is 0.510. The van der Waals surface area contributed by atoms with Crippen LogP contribution in [0.1, 0.15) is 18.9 Å². The van der Waals surface area contributed by atoms with Gasteiger partial charge in [0.1, 0.15) is 11.3 Å². The maximum atomic E-state index is 6.11. The molecule has 2 heterocycles. The minimum absolute atomic E-state index is 0.510. The second-order valence-corrected chi connectivity index (χ2v) is 5.57. The van der Waals surface area contributed by atoms with Gasteiger partial charge in [0.05, 0.1) is 11.7 Å².